The third-order valence-corrected chi connectivity index (χ3v) is 5.61. The summed E-state index contributed by atoms with van der Waals surface area (Å²) in [5, 5.41) is 3.03. The summed E-state index contributed by atoms with van der Waals surface area (Å²) in [6, 6.07) is 11.8. The Hall–Kier alpha value is -2.64. The summed E-state index contributed by atoms with van der Waals surface area (Å²) < 4.78 is 24.1. The highest BCUT2D eigenvalue weighted by Gasteiger charge is 2.31. The maximum Gasteiger partial charge on any atom is 0.251 e. The van der Waals surface area contributed by atoms with E-state index in [2.05, 4.69) is 18.4 Å². The number of ether oxygens (including phenoxy) is 2. The van der Waals surface area contributed by atoms with Crippen LogP contribution >= 0.6 is 0 Å². The van der Waals surface area contributed by atoms with E-state index >= 15 is 0 Å². The van der Waals surface area contributed by atoms with Crippen LogP contribution in [0.5, 0.6) is 11.5 Å². The van der Waals surface area contributed by atoms with Gasteiger partial charge in [-0.05, 0) is 42.5 Å². The molecule has 0 saturated carbocycles. The van der Waals surface area contributed by atoms with Crippen molar-refractivity contribution in [2.45, 2.75) is 6.04 Å². The normalized spacial score (nSPS) is 21.9. The van der Waals surface area contributed by atoms with E-state index in [1.54, 1.807) is 0 Å². The number of rotatable bonds is 5. The van der Waals surface area contributed by atoms with Gasteiger partial charge in [0.25, 0.3) is 5.91 Å². The van der Waals surface area contributed by atoms with E-state index in [9.17, 15) is 9.18 Å². The van der Waals surface area contributed by atoms with Crippen LogP contribution < -0.4 is 24.6 Å². The number of amides is 1. The first-order valence-electron chi connectivity index (χ1n) is 9.69. The Kier molecular flexibility index (Phi) is 5.45. The largest absolute Gasteiger partial charge is 0.454 e. The van der Waals surface area contributed by atoms with E-state index in [0.29, 0.717) is 12.1 Å². The molecular weight excluding hydrogens is 361 g/mol. The van der Waals surface area contributed by atoms with Crippen molar-refractivity contribution in [1.82, 2.24) is 5.32 Å². The predicted octanol–water partition coefficient (Wildman–Crippen LogP) is -0.561. The summed E-state index contributed by atoms with van der Waals surface area (Å²) in [4.78, 5) is 15.5. The number of carbonyl (C=O) groups excluding carboxylic acids is 1. The van der Waals surface area contributed by atoms with Crippen LogP contribution in [0, 0.1) is 5.82 Å². The van der Waals surface area contributed by atoms with E-state index in [-0.39, 0.29) is 24.6 Å². The van der Waals surface area contributed by atoms with Crippen LogP contribution in [0.25, 0.3) is 0 Å². The number of hydrogen-bond acceptors (Lipinski definition) is 3. The van der Waals surface area contributed by atoms with Crippen molar-refractivity contribution in [2.24, 2.45) is 0 Å². The molecule has 1 fully saturated rings. The number of hydrogen-bond donors (Lipinski definition) is 3. The molecule has 4 rings (SSSR count). The van der Waals surface area contributed by atoms with Gasteiger partial charge < -0.3 is 24.6 Å². The first-order chi connectivity index (χ1) is 13.6. The molecule has 2 aromatic rings. The molecule has 0 radical (unpaired) electrons. The lowest BCUT2D eigenvalue weighted by Gasteiger charge is -2.33. The van der Waals surface area contributed by atoms with Gasteiger partial charge in [0.2, 0.25) is 6.79 Å². The smallest absolute Gasteiger partial charge is 0.251 e. The Labute approximate surface area is 163 Å². The van der Waals surface area contributed by atoms with Gasteiger partial charge in [0.1, 0.15) is 38.0 Å². The average molecular weight is 387 g/mol. The number of likely N-dealkylation sites (N-methyl/N-ethyl adjacent to an activating group) is 1. The minimum atomic E-state index is -0.348. The second kappa shape index (κ2) is 8.16. The first-order valence-corrected chi connectivity index (χ1v) is 9.69. The summed E-state index contributed by atoms with van der Waals surface area (Å²) in [5.74, 6) is 0.978. The fourth-order valence-corrected chi connectivity index (χ4v) is 3.87. The Morgan fingerprint density at radius 3 is 2.54 bits per heavy atom. The minimum absolute atomic E-state index is 0.118. The minimum Gasteiger partial charge on any atom is -0.454 e. The Bertz CT molecular complexity index is 835. The van der Waals surface area contributed by atoms with Gasteiger partial charge in [-0.15, -0.1) is 0 Å². The number of halogens is 1. The van der Waals surface area contributed by atoms with E-state index in [0.717, 1.165) is 43.2 Å². The SMILES string of the molecule is C[NH+]1CC[NH+]([C@H](CNC(=O)c2ccc(F)cc2)c2ccc3c(c2)OCO3)CC1. The second-order valence-electron chi connectivity index (χ2n) is 7.50. The van der Waals surface area contributed by atoms with Crippen LogP contribution in [0.15, 0.2) is 42.5 Å². The molecule has 1 saturated heterocycles. The summed E-state index contributed by atoms with van der Waals surface area (Å²) >= 11 is 0. The molecule has 0 aromatic heterocycles. The van der Waals surface area contributed by atoms with E-state index < -0.39 is 0 Å². The van der Waals surface area contributed by atoms with Crippen molar-refractivity contribution in [3.8, 4) is 11.5 Å². The molecule has 0 bridgehead atoms. The van der Waals surface area contributed by atoms with Crippen LogP contribution in [0.4, 0.5) is 4.39 Å². The number of piperazine rings is 1. The lowest BCUT2D eigenvalue weighted by Crippen LogP contribution is -3.27. The van der Waals surface area contributed by atoms with Crippen molar-refractivity contribution in [3.63, 3.8) is 0 Å². The zero-order chi connectivity index (χ0) is 19.5. The summed E-state index contributed by atoms with van der Waals surface area (Å²) in [6.07, 6.45) is 0. The third kappa shape index (κ3) is 4.10. The van der Waals surface area contributed by atoms with Gasteiger partial charge in [-0.2, -0.15) is 0 Å². The molecule has 148 valence electrons. The van der Waals surface area contributed by atoms with E-state index in [4.69, 9.17) is 9.47 Å². The zero-order valence-electron chi connectivity index (χ0n) is 16.0. The van der Waals surface area contributed by atoms with Gasteiger partial charge in [-0.3, -0.25) is 4.79 Å². The van der Waals surface area contributed by atoms with Crippen LogP contribution in [0.3, 0.4) is 0 Å². The number of carbonyl (C=O) groups is 1. The van der Waals surface area contributed by atoms with Gasteiger partial charge in [-0.1, -0.05) is 0 Å². The average Bonchev–Trinajstić information content (AvgIpc) is 3.18. The molecule has 2 aromatic carbocycles. The van der Waals surface area contributed by atoms with Gasteiger partial charge in [-0.25, -0.2) is 4.39 Å². The Morgan fingerprint density at radius 2 is 1.79 bits per heavy atom. The molecule has 0 spiro atoms. The predicted molar refractivity (Wildman–Crippen MR) is 101 cm³/mol. The summed E-state index contributed by atoms with van der Waals surface area (Å²) in [6.45, 7) is 5.03. The van der Waals surface area contributed by atoms with Gasteiger partial charge >= 0.3 is 0 Å². The Morgan fingerprint density at radius 1 is 1.07 bits per heavy atom. The van der Waals surface area contributed by atoms with E-state index in [1.807, 2.05) is 12.1 Å². The van der Waals surface area contributed by atoms with Crippen molar-refractivity contribution < 1.29 is 28.5 Å². The molecule has 2 aliphatic rings. The quantitative estimate of drug-likeness (QED) is 0.645. The standard InChI is InChI=1S/C21H24FN3O3/c1-24-8-10-25(11-9-24)18(16-4-7-19-20(12-16)28-14-27-19)13-23-21(26)15-2-5-17(22)6-3-15/h2-7,12,18H,8-11,13-14H2,1H3,(H,23,26)/p+2/t18-/m1/s1. The topological polar surface area (TPSA) is 56.4 Å². The van der Waals surface area contributed by atoms with Crippen LogP contribution in [-0.4, -0.2) is 52.5 Å². The summed E-state index contributed by atoms with van der Waals surface area (Å²) in [7, 11) is 2.21. The lowest BCUT2D eigenvalue weighted by atomic mass is 10.0. The Balaban J connectivity index is 1.51. The molecule has 2 heterocycles. The molecule has 28 heavy (non-hydrogen) atoms. The van der Waals surface area contributed by atoms with Crippen molar-refractivity contribution >= 4 is 5.91 Å². The van der Waals surface area contributed by atoms with Crippen LogP contribution in [0.2, 0.25) is 0 Å². The van der Waals surface area contributed by atoms with Crippen LogP contribution in [-0.2, 0) is 0 Å². The number of nitrogens with one attached hydrogen (secondary N) is 3. The molecule has 6 nitrogen and oxygen atoms in total. The second-order valence-corrected chi connectivity index (χ2v) is 7.50. The maximum atomic E-state index is 13.1. The molecule has 7 heteroatoms. The van der Waals surface area contributed by atoms with Gasteiger partial charge in [0, 0.05) is 11.1 Å². The number of quaternary nitrogens is 2. The monoisotopic (exact) mass is 387 g/mol. The molecular formula is C21H26FN3O3+2. The fraction of sp³-hybridized carbons (Fsp3) is 0.381. The van der Waals surface area contributed by atoms with Crippen molar-refractivity contribution in [2.75, 3.05) is 46.6 Å². The lowest BCUT2D eigenvalue weighted by molar-refractivity contribution is -1.02. The zero-order valence-corrected chi connectivity index (χ0v) is 16.0. The van der Waals surface area contributed by atoms with Gasteiger partial charge in [0.15, 0.2) is 11.5 Å². The number of fused-ring (bicyclic) bond motifs is 1. The summed E-state index contributed by atoms with van der Waals surface area (Å²) in [5.41, 5.74) is 1.59. The first kappa shape index (κ1) is 18.7. The molecule has 2 aliphatic heterocycles. The number of benzene rings is 2. The molecule has 0 aliphatic carbocycles. The van der Waals surface area contributed by atoms with Gasteiger partial charge in [0.05, 0.1) is 13.6 Å². The van der Waals surface area contributed by atoms with Crippen molar-refractivity contribution in [1.29, 1.82) is 0 Å². The fourth-order valence-electron chi connectivity index (χ4n) is 3.87. The molecule has 0 unspecified atom stereocenters. The highest BCUT2D eigenvalue weighted by atomic mass is 19.1. The third-order valence-electron chi connectivity index (χ3n) is 5.61. The molecule has 3 N–H and O–H groups in total. The van der Waals surface area contributed by atoms with E-state index in [1.165, 1.54) is 34.1 Å². The van der Waals surface area contributed by atoms with Crippen LogP contribution in [0.1, 0.15) is 22.0 Å². The highest BCUT2D eigenvalue weighted by molar-refractivity contribution is 5.94. The molecule has 1 amide bonds. The van der Waals surface area contributed by atoms with Crippen molar-refractivity contribution in [3.05, 3.63) is 59.4 Å². The maximum absolute atomic E-state index is 13.1. The molecule has 1 atom stereocenters. The highest BCUT2D eigenvalue weighted by Crippen LogP contribution is 2.33.